The first-order valence-electron chi connectivity index (χ1n) is 10.4. The third-order valence-corrected chi connectivity index (χ3v) is 14.4. The number of aliphatic hydroxyl groups is 2. The van der Waals surface area contributed by atoms with Gasteiger partial charge in [-0.3, -0.25) is 0 Å². The van der Waals surface area contributed by atoms with Crippen molar-refractivity contribution in [3.63, 3.8) is 0 Å². The normalized spacial score (nSPS) is 42.3. The standard InChI is InChI=1S/C22H34O3Si2/c1-26(2,15-19-9-5-7-17-11-13-21(17,19)23)25-27(3,4)16-20-10-6-8-18-12-14-22(18,20)24/h5-8,11-14,17-20,23-24H,9-10,15-16H2,1-4H3/t17-,18-,19-,20-,21-,22-/m1/s1. The van der Waals surface area contributed by atoms with Gasteiger partial charge in [0.05, 0.1) is 11.2 Å². The van der Waals surface area contributed by atoms with E-state index in [1.807, 2.05) is 12.2 Å². The molecule has 0 fully saturated rings. The minimum atomic E-state index is -1.92. The van der Waals surface area contributed by atoms with Gasteiger partial charge in [-0.25, -0.2) is 0 Å². The maximum Gasteiger partial charge on any atom is 0.173 e. The van der Waals surface area contributed by atoms with Crippen LogP contribution in [0.25, 0.3) is 0 Å². The van der Waals surface area contributed by atoms with Gasteiger partial charge in [-0.1, -0.05) is 48.6 Å². The third kappa shape index (κ3) is 3.42. The summed E-state index contributed by atoms with van der Waals surface area (Å²) in [6, 6.07) is 1.98. The van der Waals surface area contributed by atoms with E-state index < -0.39 is 27.8 Å². The fourth-order valence-electron chi connectivity index (χ4n) is 5.73. The topological polar surface area (TPSA) is 49.7 Å². The highest BCUT2D eigenvalue weighted by molar-refractivity contribution is 6.84. The van der Waals surface area contributed by atoms with Crippen LogP contribution in [0.4, 0.5) is 0 Å². The van der Waals surface area contributed by atoms with E-state index in [2.05, 4.69) is 62.6 Å². The molecule has 4 rings (SSSR count). The minimum absolute atomic E-state index is 0.192. The first-order valence-corrected chi connectivity index (χ1v) is 16.6. The maximum absolute atomic E-state index is 11.0. The molecule has 0 heterocycles. The van der Waals surface area contributed by atoms with Gasteiger partial charge in [-0.05, 0) is 63.0 Å². The van der Waals surface area contributed by atoms with Crippen molar-refractivity contribution in [2.24, 2.45) is 23.7 Å². The van der Waals surface area contributed by atoms with Crippen molar-refractivity contribution in [2.45, 2.75) is 62.3 Å². The summed E-state index contributed by atoms with van der Waals surface area (Å²) < 4.78 is 6.90. The second-order valence-electron chi connectivity index (χ2n) is 10.3. The maximum atomic E-state index is 11.0. The lowest BCUT2D eigenvalue weighted by Crippen LogP contribution is -2.55. The van der Waals surface area contributed by atoms with Gasteiger partial charge in [0.1, 0.15) is 0 Å². The molecule has 0 saturated heterocycles. The quantitative estimate of drug-likeness (QED) is 0.511. The second kappa shape index (κ2) is 6.39. The van der Waals surface area contributed by atoms with Crippen LogP contribution in [0.3, 0.4) is 0 Å². The highest BCUT2D eigenvalue weighted by atomic mass is 28.4. The molecular formula is C22H34O3Si2. The summed E-state index contributed by atoms with van der Waals surface area (Å²) in [6.07, 6.45) is 18.8. The summed E-state index contributed by atoms with van der Waals surface area (Å²) in [5, 5.41) is 22.0. The van der Waals surface area contributed by atoms with Crippen LogP contribution in [0.1, 0.15) is 12.8 Å². The lowest BCUT2D eigenvalue weighted by molar-refractivity contribution is -0.0131. The average molecular weight is 403 g/mol. The Kier molecular flexibility index (Phi) is 4.64. The fraction of sp³-hybridized carbons (Fsp3) is 0.636. The molecule has 3 nitrogen and oxygen atoms in total. The molecule has 6 atom stereocenters. The Morgan fingerprint density at radius 3 is 1.52 bits per heavy atom. The molecule has 0 aromatic heterocycles. The number of hydrogen-bond acceptors (Lipinski definition) is 3. The summed E-state index contributed by atoms with van der Waals surface area (Å²) >= 11 is 0. The Morgan fingerprint density at radius 1 is 0.778 bits per heavy atom. The molecule has 4 aliphatic carbocycles. The van der Waals surface area contributed by atoms with Gasteiger partial charge in [-0.15, -0.1) is 0 Å². The zero-order chi connectivity index (χ0) is 19.5. The van der Waals surface area contributed by atoms with Crippen LogP contribution in [-0.2, 0) is 4.12 Å². The largest absolute Gasteiger partial charge is 0.455 e. The lowest BCUT2D eigenvalue weighted by Gasteiger charge is -2.50. The molecule has 5 heteroatoms. The fourth-order valence-corrected chi connectivity index (χ4v) is 15.7. The number of hydrogen-bond donors (Lipinski definition) is 2. The molecule has 27 heavy (non-hydrogen) atoms. The van der Waals surface area contributed by atoms with Crippen LogP contribution in [0, 0.1) is 23.7 Å². The van der Waals surface area contributed by atoms with Gasteiger partial charge < -0.3 is 14.3 Å². The van der Waals surface area contributed by atoms with Crippen LogP contribution >= 0.6 is 0 Å². The molecule has 0 radical (unpaired) electrons. The van der Waals surface area contributed by atoms with Crippen molar-refractivity contribution in [1.29, 1.82) is 0 Å². The van der Waals surface area contributed by atoms with Crippen LogP contribution in [0.2, 0.25) is 38.3 Å². The van der Waals surface area contributed by atoms with E-state index in [9.17, 15) is 10.2 Å². The summed E-state index contributed by atoms with van der Waals surface area (Å²) in [7, 11) is -3.85. The molecule has 4 aliphatic rings. The monoisotopic (exact) mass is 402 g/mol. The molecule has 0 aromatic rings. The molecule has 0 saturated carbocycles. The van der Waals surface area contributed by atoms with Crippen LogP contribution < -0.4 is 0 Å². The summed E-state index contributed by atoms with van der Waals surface area (Å²) in [5.41, 5.74) is -1.30. The molecule has 0 amide bonds. The molecule has 0 aromatic carbocycles. The number of allylic oxidation sites excluding steroid dienone is 2. The summed E-state index contributed by atoms with van der Waals surface area (Å²) in [6.45, 7) is 9.23. The predicted molar refractivity (Wildman–Crippen MR) is 115 cm³/mol. The van der Waals surface area contributed by atoms with Crippen LogP contribution in [0.15, 0.2) is 48.6 Å². The third-order valence-electron chi connectivity index (χ3n) is 7.07. The number of rotatable bonds is 6. The number of fused-ring (bicyclic) bond motifs is 2. The minimum Gasteiger partial charge on any atom is -0.455 e. The zero-order valence-electron chi connectivity index (χ0n) is 17.1. The van der Waals surface area contributed by atoms with Crippen molar-refractivity contribution in [3.8, 4) is 0 Å². The van der Waals surface area contributed by atoms with Crippen molar-refractivity contribution in [1.82, 2.24) is 0 Å². The molecule has 0 aliphatic heterocycles. The van der Waals surface area contributed by atoms with Gasteiger partial charge in [0.25, 0.3) is 0 Å². The van der Waals surface area contributed by atoms with Crippen molar-refractivity contribution >= 4 is 16.6 Å². The van der Waals surface area contributed by atoms with Crippen LogP contribution in [0.5, 0.6) is 0 Å². The highest BCUT2D eigenvalue weighted by Crippen LogP contribution is 2.48. The average Bonchev–Trinajstić information content (AvgIpc) is 2.53. The van der Waals surface area contributed by atoms with Crippen molar-refractivity contribution in [3.05, 3.63) is 48.6 Å². The second-order valence-corrected chi connectivity index (χ2v) is 19.0. The highest BCUT2D eigenvalue weighted by Gasteiger charge is 2.51. The first-order chi connectivity index (χ1) is 12.5. The van der Waals surface area contributed by atoms with Gasteiger partial charge in [-0.2, -0.15) is 0 Å². The summed E-state index contributed by atoms with van der Waals surface area (Å²) in [4.78, 5) is 0. The van der Waals surface area contributed by atoms with E-state index in [0.29, 0.717) is 0 Å². The molecule has 0 spiro atoms. The Bertz CT molecular complexity index is 663. The molecule has 0 unspecified atom stereocenters. The van der Waals surface area contributed by atoms with E-state index in [-0.39, 0.29) is 23.7 Å². The van der Waals surface area contributed by atoms with Gasteiger partial charge in [0.15, 0.2) is 16.6 Å². The smallest absolute Gasteiger partial charge is 0.173 e. The van der Waals surface area contributed by atoms with E-state index in [4.69, 9.17) is 4.12 Å². The molecule has 2 N–H and O–H groups in total. The lowest BCUT2D eigenvalue weighted by atomic mass is 9.66. The Morgan fingerprint density at radius 2 is 1.19 bits per heavy atom. The Balaban J connectivity index is 1.41. The predicted octanol–water partition coefficient (Wildman–Crippen LogP) is 4.40. The van der Waals surface area contributed by atoms with Crippen molar-refractivity contribution < 1.29 is 14.3 Å². The van der Waals surface area contributed by atoms with E-state index >= 15 is 0 Å². The van der Waals surface area contributed by atoms with E-state index in [1.165, 1.54) is 0 Å². The first kappa shape index (κ1) is 19.6. The Labute approximate surface area is 165 Å². The Hall–Kier alpha value is -0.726. The SMILES string of the molecule is C[Si](C)(C[C@H]1CC=C[C@@H]2C=C[C@@]21O)O[Si](C)(C)C[C@H]1CC=C[C@@H]2C=C[C@@]21O. The zero-order valence-corrected chi connectivity index (χ0v) is 19.1. The van der Waals surface area contributed by atoms with Gasteiger partial charge >= 0.3 is 0 Å². The molecule has 148 valence electrons. The van der Waals surface area contributed by atoms with Gasteiger partial charge in [0.2, 0.25) is 0 Å². The van der Waals surface area contributed by atoms with Gasteiger partial charge in [0, 0.05) is 11.8 Å². The van der Waals surface area contributed by atoms with E-state index in [1.54, 1.807) is 0 Å². The van der Waals surface area contributed by atoms with Crippen molar-refractivity contribution in [2.75, 3.05) is 0 Å². The molecular weight excluding hydrogens is 368 g/mol. The van der Waals surface area contributed by atoms with E-state index in [0.717, 1.165) is 24.9 Å². The van der Waals surface area contributed by atoms with Crippen LogP contribution in [-0.4, -0.2) is 38.0 Å². The molecule has 0 bridgehead atoms. The summed E-state index contributed by atoms with van der Waals surface area (Å²) in [5.74, 6) is 0.920.